The number of ether oxygens (including phenoxy) is 1. The van der Waals surface area contributed by atoms with Crippen LogP contribution in [0, 0.1) is 12.7 Å². The zero-order valence-electron chi connectivity index (χ0n) is 22.5. The number of methoxy groups -OCH3 is 1. The summed E-state index contributed by atoms with van der Waals surface area (Å²) >= 11 is 1.48. The van der Waals surface area contributed by atoms with Crippen LogP contribution in [-0.4, -0.2) is 80.5 Å². The van der Waals surface area contributed by atoms with Crippen LogP contribution >= 0.6 is 11.3 Å². The Morgan fingerprint density at radius 1 is 1.32 bits per heavy atom. The lowest BCUT2D eigenvalue weighted by atomic mass is 10.0. The highest BCUT2D eigenvalue weighted by atomic mass is 32.1. The number of rotatable bonds is 9. The molecule has 3 aromatic rings. The van der Waals surface area contributed by atoms with Gasteiger partial charge in [0.25, 0.3) is 5.91 Å². The number of carbonyl (C=O) groups is 2. The Kier molecular flexibility index (Phi) is 7.73. The molecule has 0 aliphatic carbocycles. The highest BCUT2D eigenvalue weighted by Gasteiger charge is 2.43. The monoisotopic (exact) mass is 570 g/mol. The molecule has 2 aromatic heterocycles. The average Bonchev–Trinajstić information content (AvgIpc) is 3.29. The van der Waals surface area contributed by atoms with E-state index in [1.165, 1.54) is 35.5 Å². The molecular weight excluding hydrogens is 539 g/mol. The standard InChI is InChI=1S/C27H31FN6O5S/c1-13-11-29-27(32-34-15(3)25(34)37)31-23(13)22-10-19-21(40-22)5-6-33(26(19)38)14(2)24(36)30-20(12-35)16-7-17(28)9-18(8-16)39-4/h7-11,14-15,20,25,35,37H,5-6,12H2,1-4H3,(H,30,36)(H,29,31,32)/t14-,15+,20-,25+,34?/m1/s1. The van der Waals surface area contributed by atoms with E-state index in [-0.39, 0.29) is 17.7 Å². The van der Waals surface area contributed by atoms with Crippen LogP contribution in [0.3, 0.4) is 0 Å². The molecular formula is C27H31FN6O5S. The van der Waals surface area contributed by atoms with Gasteiger partial charge in [0.1, 0.15) is 23.8 Å². The van der Waals surface area contributed by atoms with Gasteiger partial charge >= 0.3 is 0 Å². The summed E-state index contributed by atoms with van der Waals surface area (Å²) in [6.07, 6.45) is 1.67. The van der Waals surface area contributed by atoms with Crippen molar-refractivity contribution in [1.82, 2.24) is 25.2 Å². The van der Waals surface area contributed by atoms with E-state index in [0.717, 1.165) is 15.3 Å². The minimum absolute atomic E-state index is 0.0328. The Bertz CT molecular complexity index is 1440. The Morgan fingerprint density at radius 3 is 2.75 bits per heavy atom. The molecule has 1 aromatic carbocycles. The molecule has 4 N–H and O–H groups in total. The van der Waals surface area contributed by atoms with E-state index in [9.17, 15) is 24.2 Å². The molecule has 5 rings (SSSR count). The lowest BCUT2D eigenvalue weighted by Gasteiger charge is -2.32. The Hall–Kier alpha value is -3.65. The van der Waals surface area contributed by atoms with Gasteiger partial charge in [0.05, 0.1) is 41.9 Å². The maximum absolute atomic E-state index is 14.0. The lowest BCUT2D eigenvalue weighted by molar-refractivity contribution is -0.126. The van der Waals surface area contributed by atoms with Crippen molar-refractivity contribution >= 4 is 29.1 Å². The number of nitrogens with one attached hydrogen (secondary N) is 2. The summed E-state index contributed by atoms with van der Waals surface area (Å²) in [7, 11) is 1.40. The van der Waals surface area contributed by atoms with Gasteiger partial charge in [-0.05, 0) is 50.1 Å². The minimum Gasteiger partial charge on any atom is -0.497 e. The quantitative estimate of drug-likeness (QED) is 0.285. The molecule has 2 aliphatic heterocycles. The van der Waals surface area contributed by atoms with Crippen molar-refractivity contribution in [3.8, 4) is 16.3 Å². The third kappa shape index (κ3) is 5.37. The summed E-state index contributed by atoms with van der Waals surface area (Å²) in [6, 6.07) is 4.03. The van der Waals surface area contributed by atoms with Crippen LogP contribution in [0.15, 0.2) is 30.5 Å². The van der Waals surface area contributed by atoms with Crippen LogP contribution in [0.2, 0.25) is 0 Å². The molecule has 1 saturated heterocycles. The second kappa shape index (κ2) is 11.1. The van der Waals surface area contributed by atoms with Gasteiger partial charge in [0.15, 0.2) is 0 Å². The number of aliphatic hydroxyl groups excluding tert-OH is 2. The molecule has 5 atom stereocenters. The first-order chi connectivity index (χ1) is 19.1. The lowest BCUT2D eigenvalue weighted by Crippen LogP contribution is -2.51. The maximum Gasteiger partial charge on any atom is 0.255 e. The molecule has 4 heterocycles. The summed E-state index contributed by atoms with van der Waals surface area (Å²) in [5.41, 5.74) is 5.39. The third-order valence-electron chi connectivity index (χ3n) is 7.26. The normalized spacial score (nSPS) is 21.4. The molecule has 0 bridgehead atoms. The van der Waals surface area contributed by atoms with Crippen LogP contribution in [0.1, 0.15) is 46.3 Å². The molecule has 13 heteroatoms. The van der Waals surface area contributed by atoms with E-state index >= 15 is 0 Å². The van der Waals surface area contributed by atoms with Gasteiger partial charge in [-0.1, -0.05) is 0 Å². The number of hydrazine groups is 1. The second-order valence-electron chi connectivity index (χ2n) is 9.94. The van der Waals surface area contributed by atoms with Gasteiger partial charge in [-0.25, -0.2) is 14.4 Å². The van der Waals surface area contributed by atoms with Crippen molar-refractivity contribution in [1.29, 1.82) is 0 Å². The number of hydrogen-bond acceptors (Lipinski definition) is 10. The molecule has 2 amide bonds. The molecule has 2 aliphatic rings. The Balaban J connectivity index is 1.31. The molecule has 1 fully saturated rings. The zero-order chi connectivity index (χ0) is 28.7. The Labute approximate surface area is 234 Å². The number of amides is 2. The van der Waals surface area contributed by atoms with E-state index in [1.807, 2.05) is 13.8 Å². The maximum atomic E-state index is 14.0. The first-order valence-electron chi connectivity index (χ1n) is 12.9. The van der Waals surface area contributed by atoms with Gasteiger partial charge < -0.3 is 25.2 Å². The number of nitrogens with zero attached hydrogens (tertiary/aromatic N) is 4. The van der Waals surface area contributed by atoms with E-state index < -0.39 is 36.6 Å². The number of halogens is 1. The van der Waals surface area contributed by atoms with Gasteiger partial charge in [0, 0.05) is 30.1 Å². The largest absolute Gasteiger partial charge is 0.497 e. The summed E-state index contributed by atoms with van der Waals surface area (Å²) in [6.45, 7) is 5.28. The minimum atomic E-state index is -0.873. The molecule has 0 saturated carbocycles. The van der Waals surface area contributed by atoms with Crippen LogP contribution in [-0.2, 0) is 11.2 Å². The summed E-state index contributed by atoms with van der Waals surface area (Å²) in [5, 5.41) is 24.1. The van der Waals surface area contributed by atoms with Crippen molar-refractivity contribution < 1.29 is 28.9 Å². The first kappa shape index (κ1) is 27.9. The fraction of sp³-hybridized carbons (Fsp3) is 0.407. The van der Waals surface area contributed by atoms with Gasteiger partial charge in [0.2, 0.25) is 11.9 Å². The topological polar surface area (TPSA) is 140 Å². The third-order valence-corrected chi connectivity index (χ3v) is 8.46. The van der Waals surface area contributed by atoms with E-state index in [1.54, 1.807) is 30.3 Å². The SMILES string of the molecule is COc1cc(F)cc([C@@H](CO)NC(=O)[C@@H](C)N2CCc3sc(-c4nc(NN5[C@@H](C)[C@@H]5O)ncc4C)cc3C2=O)c1. The summed E-state index contributed by atoms with van der Waals surface area (Å²) in [4.78, 5) is 38.8. The van der Waals surface area contributed by atoms with Gasteiger partial charge in [-0.15, -0.1) is 11.3 Å². The van der Waals surface area contributed by atoms with Crippen molar-refractivity contribution in [2.24, 2.45) is 0 Å². The molecule has 212 valence electrons. The smallest absolute Gasteiger partial charge is 0.255 e. The highest BCUT2D eigenvalue weighted by Crippen LogP contribution is 2.36. The molecule has 11 nitrogen and oxygen atoms in total. The van der Waals surface area contributed by atoms with E-state index in [2.05, 4.69) is 20.7 Å². The number of thiophene rings is 1. The number of anilines is 1. The number of aromatic nitrogens is 2. The fourth-order valence-electron chi connectivity index (χ4n) is 4.69. The number of aryl methyl sites for hydroxylation is 1. The van der Waals surface area contributed by atoms with Crippen molar-refractivity contribution in [2.45, 2.75) is 51.5 Å². The number of benzene rings is 1. The first-order valence-corrected chi connectivity index (χ1v) is 13.7. The number of hydrogen-bond donors (Lipinski definition) is 4. The number of aliphatic hydroxyl groups is 2. The van der Waals surface area contributed by atoms with E-state index in [4.69, 9.17) is 4.74 Å². The van der Waals surface area contributed by atoms with E-state index in [0.29, 0.717) is 35.7 Å². The molecule has 0 radical (unpaired) electrons. The molecule has 0 spiro atoms. The average molecular weight is 571 g/mol. The van der Waals surface area contributed by atoms with Gasteiger partial charge in [-0.3, -0.25) is 15.0 Å². The summed E-state index contributed by atoms with van der Waals surface area (Å²) < 4.78 is 19.1. The Morgan fingerprint density at radius 2 is 2.08 bits per heavy atom. The summed E-state index contributed by atoms with van der Waals surface area (Å²) in [5.74, 6) is -0.681. The zero-order valence-corrected chi connectivity index (χ0v) is 23.3. The predicted molar refractivity (Wildman–Crippen MR) is 146 cm³/mol. The molecule has 40 heavy (non-hydrogen) atoms. The van der Waals surface area contributed by atoms with Crippen molar-refractivity contribution in [2.75, 3.05) is 25.7 Å². The van der Waals surface area contributed by atoms with Gasteiger partial charge in [-0.2, -0.15) is 5.01 Å². The van der Waals surface area contributed by atoms with Crippen LogP contribution in [0.4, 0.5) is 10.3 Å². The predicted octanol–water partition coefficient (Wildman–Crippen LogP) is 2.25. The van der Waals surface area contributed by atoms with Crippen molar-refractivity contribution in [3.05, 3.63) is 57.8 Å². The second-order valence-corrected chi connectivity index (χ2v) is 11.1. The van der Waals surface area contributed by atoms with Crippen LogP contribution in [0.25, 0.3) is 10.6 Å². The number of carbonyl (C=O) groups excluding carboxylic acids is 2. The van der Waals surface area contributed by atoms with Crippen LogP contribution in [0.5, 0.6) is 5.75 Å². The van der Waals surface area contributed by atoms with Crippen LogP contribution < -0.4 is 15.5 Å². The molecule has 1 unspecified atom stereocenters. The fourth-order valence-corrected chi connectivity index (χ4v) is 5.89. The highest BCUT2D eigenvalue weighted by molar-refractivity contribution is 7.15. The van der Waals surface area contributed by atoms with Crippen molar-refractivity contribution in [3.63, 3.8) is 0 Å². The number of fused-ring (bicyclic) bond motifs is 1.